The van der Waals surface area contributed by atoms with Crippen LogP contribution in [0.2, 0.25) is 0 Å². The maximum atomic E-state index is 11.2. The Balaban J connectivity index is 2.35. The molecule has 0 unspecified atom stereocenters. The summed E-state index contributed by atoms with van der Waals surface area (Å²) in [4.78, 5) is 22.3. The SMILES string of the molecule is CC1=CCC2=C(OC1)C(=O)NC2=O. The average molecular weight is 179 g/mol. The molecule has 0 spiro atoms. The molecule has 2 aliphatic heterocycles. The Morgan fingerprint density at radius 2 is 2.15 bits per heavy atom. The Labute approximate surface area is 75.3 Å². The van der Waals surface area contributed by atoms with E-state index in [2.05, 4.69) is 5.32 Å². The molecule has 0 aromatic rings. The Morgan fingerprint density at radius 1 is 1.38 bits per heavy atom. The number of ether oxygens (including phenoxy) is 1. The second-order valence-electron chi connectivity index (χ2n) is 3.13. The van der Waals surface area contributed by atoms with Crippen LogP contribution in [0.5, 0.6) is 0 Å². The van der Waals surface area contributed by atoms with E-state index in [1.54, 1.807) is 0 Å². The Morgan fingerprint density at radius 3 is 2.92 bits per heavy atom. The molecule has 0 saturated heterocycles. The zero-order chi connectivity index (χ0) is 9.42. The summed E-state index contributed by atoms with van der Waals surface area (Å²) < 4.78 is 5.20. The van der Waals surface area contributed by atoms with Crippen LogP contribution in [0, 0.1) is 0 Å². The fraction of sp³-hybridized carbons (Fsp3) is 0.333. The van der Waals surface area contributed by atoms with Gasteiger partial charge in [-0.05, 0) is 12.5 Å². The fourth-order valence-electron chi connectivity index (χ4n) is 1.33. The van der Waals surface area contributed by atoms with E-state index < -0.39 is 5.91 Å². The second-order valence-corrected chi connectivity index (χ2v) is 3.13. The van der Waals surface area contributed by atoms with Crippen LogP contribution in [0.4, 0.5) is 0 Å². The molecule has 13 heavy (non-hydrogen) atoms. The first kappa shape index (κ1) is 8.04. The second kappa shape index (κ2) is 2.73. The van der Waals surface area contributed by atoms with Crippen LogP contribution in [-0.2, 0) is 14.3 Å². The summed E-state index contributed by atoms with van der Waals surface area (Å²) >= 11 is 0. The third-order valence-electron chi connectivity index (χ3n) is 2.08. The highest BCUT2D eigenvalue weighted by atomic mass is 16.5. The number of nitrogens with one attached hydrogen (secondary N) is 1. The van der Waals surface area contributed by atoms with E-state index in [4.69, 9.17) is 4.74 Å². The van der Waals surface area contributed by atoms with Crippen molar-refractivity contribution in [1.82, 2.24) is 5.32 Å². The first-order valence-corrected chi connectivity index (χ1v) is 4.06. The number of imide groups is 1. The molecule has 0 aromatic carbocycles. The van der Waals surface area contributed by atoms with Crippen molar-refractivity contribution in [2.24, 2.45) is 0 Å². The average Bonchev–Trinajstić information content (AvgIpc) is 2.27. The van der Waals surface area contributed by atoms with Crippen molar-refractivity contribution in [3.05, 3.63) is 23.0 Å². The number of carbonyl (C=O) groups is 2. The normalized spacial score (nSPS) is 21.8. The summed E-state index contributed by atoms with van der Waals surface area (Å²) in [7, 11) is 0. The van der Waals surface area contributed by atoms with Crippen LogP contribution < -0.4 is 5.32 Å². The van der Waals surface area contributed by atoms with Gasteiger partial charge >= 0.3 is 0 Å². The number of allylic oxidation sites excluding steroid dienone is 1. The van der Waals surface area contributed by atoms with E-state index in [1.807, 2.05) is 13.0 Å². The van der Waals surface area contributed by atoms with Gasteiger partial charge < -0.3 is 4.74 Å². The standard InChI is InChI=1S/C9H9NO3/c1-5-2-3-6-7(13-4-5)9(12)10-8(6)11/h2H,3-4H2,1H3,(H,10,11,12). The highest BCUT2D eigenvalue weighted by Gasteiger charge is 2.32. The Kier molecular flexibility index (Phi) is 1.69. The van der Waals surface area contributed by atoms with Gasteiger partial charge in [-0.3, -0.25) is 14.9 Å². The highest BCUT2D eigenvalue weighted by Crippen LogP contribution is 2.22. The van der Waals surface area contributed by atoms with E-state index >= 15 is 0 Å². The van der Waals surface area contributed by atoms with E-state index in [0.717, 1.165) is 5.57 Å². The van der Waals surface area contributed by atoms with Gasteiger partial charge in [-0.25, -0.2) is 0 Å². The van der Waals surface area contributed by atoms with E-state index in [-0.39, 0.29) is 11.7 Å². The lowest BCUT2D eigenvalue weighted by atomic mass is 10.1. The molecule has 0 aromatic heterocycles. The Hall–Kier alpha value is -1.58. The lowest BCUT2D eigenvalue weighted by Gasteiger charge is -2.02. The van der Waals surface area contributed by atoms with Crippen molar-refractivity contribution in [3.63, 3.8) is 0 Å². The molecule has 2 rings (SSSR count). The summed E-state index contributed by atoms with van der Waals surface area (Å²) in [5, 5.41) is 2.20. The van der Waals surface area contributed by atoms with Crippen LogP contribution >= 0.6 is 0 Å². The van der Waals surface area contributed by atoms with Crippen molar-refractivity contribution >= 4 is 11.8 Å². The molecule has 0 bridgehead atoms. The minimum Gasteiger partial charge on any atom is -0.483 e. The monoisotopic (exact) mass is 179 g/mol. The largest absolute Gasteiger partial charge is 0.483 e. The molecule has 68 valence electrons. The summed E-state index contributed by atoms with van der Waals surface area (Å²) in [6.45, 7) is 2.30. The number of amides is 2. The zero-order valence-electron chi connectivity index (χ0n) is 7.22. The molecule has 2 aliphatic rings. The van der Waals surface area contributed by atoms with Crippen molar-refractivity contribution in [2.75, 3.05) is 6.61 Å². The lowest BCUT2D eigenvalue weighted by Crippen LogP contribution is -2.24. The number of carbonyl (C=O) groups excluding carboxylic acids is 2. The minimum absolute atomic E-state index is 0.193. The molecule has 0 aliphatic carbocycles. The highest BCUT2D eigenvalue weighted by molar-refractivity contribution is 6.18. The first-order chi connectivity index (χ1) is 6.18. The molecular weight excluding hydrogens is 170 g/mol. The lowest BCUT2D eigenvalue weighted by molar-refractivity contribution is -0.125. The molecule has 0 fully saturated rings. The van der Waals surface area contributed by atoms with Gasteiger partial charge in [0.2, 0.25) is 0 Å². The molecular formula is C9H9NO3. The summed E-state index contributed by atoms with van der Waals surface area (Å²) in [5.74, 6) is -0.549. The van der Waals surface area contributed by atoms with Crippen molar-refractivity contribution < 1.29 is 14.3 Å². The van der Waals surface area contributed by atoms with Gasteiger partial charge in [0.15, 0.2) is 5.76 Å². The van der Waals surface area contributed by atoms with Crippen LogP contribution in [-0.4, -0.2) is 18.4 Å². The Bertz CT molecular complexity index is 352. The van der Waals surface area contributed by atoms with Gasteiger partial charge in [0.05, 0.1) is 5.57 Å². The summed E-state index contributed by atoms with van der Waals surface area (Å²) in [5.41, 5.74) is 1.48. The van der Waals surface area contributed by atoms with Gasteiger partial charge in [0.25, 0.3) is 11.8 Å². The molecule has 4 nitrogen and oxygen atoms in total. The minimum atomic E-state index is -0.414. The molecule has 2 amide bonds. The van der Waals surface area contributed by atoms with Crippen molar-refractivity contribution in [3.8, 4) is 0 Å². The summed E-state index contributed by atoms with van der Waals surface area (Å²) in [6, 6.07) is 0. The van der Waals surface area contributed by atoms with Gasteiger partial charge in [0.1, 0.15) is 6.61 Å². The maximum absolute atomic E-state index is 11.2. The zero-order valence-corrected chi connectivity index (χ0v) is 7.22. The van der Waals surface area contributed by atoms with Crippen LogP contribution in [0.15, 0.2) is 23.0 Å². The molecule has 1 N–H and O–H groups in total. The third kappa shape index (κ3) is 1.24. The maximum Gasteiger partial charge on any atom is 0.293 e. The smallest absolute Gasteiger partial charge is 0.293 e. The first-order valence-electron chi connectivity index (χ1n) is 4.06. The van der Waals surface area contributed by atoms with Crippen LogP contribution in [0.3, 0.4) is 0 Å². The quantitative estimate of drug-likeness (QED) is 0.428. The third-order valence-corrected chi connectivity index (χ3v) is 2.08. The van der Waals surface area contributed by atoms with Gasteiger partial charge in [-0.15, -0.1) is 0 Å². The van der Waals surface area contributed by atoms with E-state index in [1.165, 1.54) is 0 Å². The topological polar surface area (TPSA) is 55.4 Å². The molecule has 0 atom stereocenters. The van der Waals surface area contributed by atoms with Gasteiger partial charge in [-0.2, -0.15) is 0 Å². The predicted molar refractivity (Wildman–Crippen MR) is 44.5 cm³/mol. The molecule has 0 radical (unpaired) electrons. The predicted octanol–water partition coefficient (Wildman–Crippen LogP) is 0.263. The number of hydrogen-bond acceptors (Lipinski definition) is 3. The molecule has 0 saturated carbocycles. The van der Waals surface area contributed by atoms with Gasteiger partial charge in [-0.1, -0.05) is 6.08 Å². The van der Waals surface area contributed by atoms with Crippen molar-refractivity contribution in [2.45, 2.75) is 13.3 Å². The summed E-state index contributed by atoms with van der Waals surface area (Å²) in [6.07, 6.45) is 2.39. The molecule has 4 heteroatoms. The van der Waals surface area contributed by atoms with Crippen LogP contribution in [0.25, 0.3) is 0 Å². The van der Waals surface area contributed by atoms with E-state index in [9.17, 15) is 9.59 Å². The van der Waals surface area contributed by atoms with Gasteiger partial charge in [0, 0.05) is 6.42 Å². The number of hydrogen-bond donors (Lipinski definition) is 1. The van der Waals surface area contributed by atoms with Crippen molar-refractivity contribution in [1.29, 1.82) is 0 Å². The fourth-order valence-corrected chi connectivity index (χ4v) is 1.33. The number of rotatable bonds is 0. The van der Waals surface area contributed by atoms with Crippen LogP contribution in [0.1, 0.15) is 13.3 Å². The van der Waals surface area contributed by atoms with E-state index in [0.29, 0.717) is 18.6 Å². The molecule has 2 heterocycles.